The van der Waals surface area contributed by atoms with Gasteiger partial charge in [0.2, 0.25) is 5.89 Å². The second-order valence-corrected chi connectivity index (χ2v) is 7.14. The summed E-state index contributed by atoms with van der Waals surface area (Å²) in [5.41, 5.74) is 1.85. The zero-order valence-electron chi connectivity index (χ0n) is 16.2. The third-order valence-corrected chi connectivity index (χ3v) is 4.82. The van der Waals surface area contributed by atoms with Crippen LogP contribution in [0.4, 0.5) is 0 Å². The Hall–Kier alpha value is -2.99. The standard InChI is InChI=1S/C23H23NO4S/c1-2-26-23(25)13-10-18-8-11-19(12-9-18)21-16-24-22(28-21)17-29-15-14-27-20-6-4-3-5-7-20/h3-13,16H,2,14-15,17H2,1H3/b13-10+. The van der Waals surface area contributed by atoms with Gasteiger partial charge in [0.15, 0.2) is 5.76 Å². The minimum Gasteiger partial charge on any atom is -0.493 e. The predicted molar refractivity (Wildman–Crippen MR) is 116 cm³/mol. The van der Waals surface area contributed by atoms with Crippen molar-refractivity contribution in [3.05, 3.63) is 78.3 Å². The number of ether oxygens (including phenoxy) is 2. The van der Waals surface area contributed by atoms with Crippen molar-refractivity contribution in [1.29, 1.82) is 0 Å². The molecule has 0 aliphatic heterocycles. The number of para-hydroxylation sites is 1. The maximum Gasteiger partial charge on any atom is 0.330 e. The quantitative estimate of drug-likeness (QED) is 0.260. The van der Waals surface area contributed by atoms with Crippen molar-refractivity contribution in [2.45, 2.75) is 12.7 Å². The van der Waals surface area contributed by atoms with Gasteiger partial charge in [-0.3, -0.25) is 0 Å². The van der Waals surface area contributed by atoms with Gasteiger partial charge in [0, 0.05) is 17.4 Å². The largest absolute Gasteiger partial charge is 0.493 e. The van der Waals surface area contributed by atoms with Crippen molar-refractivity contribution < 1.29 is 18.7 Å². The Bertz CT molecular complexity index is 920. The lowest BCUT2D eigenvalue weighted by molar-refractivity contribution is -0.137. The highest BCUT2D eigenvalue weighted by molar-refractivity contribution is 7.98. The normalized spacial score (nSPS) is 10.9. The van der Waals surface area contributed by atoms with Crippen molar-refractivity contribution in [1.82, 2.24) is 4.98 Å². The van der Waals surface area contributed by atoms with Gasteiger partial charge in [-0.25, -0.2) is 9.78 Å². The van der Waals surface area contributed by atoms with Crippen LogP contribution in [0.2, 0.25) is 0 Å². The summed E-state index contributed by atoms with van der Waals surface area (Å²) in [4.78, 5) is 15.7. The molecule has 0 atom stereocenters. The van der Waals surface area contributed by atoms with Crippen LogP contribution in [0.5, 0.6) is 5.75 Å². The smallest absolute Gasteiger partial charge is 0.330 e. The van der Waals surface area contributed by atoms with E-state index in [1.54, 1.807) is 31.0 Å². The van der Waals surface area contributed by atoms with E-state index in [1.165, 1.54) is 6.08 Å². The van der Waals surface area contributed by atoms with E-state index in [2.05, 4.69) is 4.98 Å². The fourth-order valence-electron chi connectivity index (χ4n) is 2.52. The van der Waals surface area contributed by atoms with E-state index >= 15 is 0 Å². The molecular weight excluding hydrogens is 386 g/mol. The van der Waals surface area contributed by atoms with E-state index in [9.17, 15) is 4.79 Å². The molecule has 0 saturated carbocycles. The second kappa shape index (κ2) is 11.1. The number of nitrogens with zero attached hydrogens (tertiary/aromatic N) is 1. The van der Waals surface area contributed by atoms with E-state index in [0.29, 0.717) is 24.9 Å². The average molecular weight is 410 g/mol. The van der Waals surface area contributed by atoms with Gasteiger partial charge in [0.05, 0.1) is 25.2 Å². The molecule has 0 amide bonds. The Morgan fingerprint density at radius 1 is 1.14 bits per heavy atom. The van der Waals surface area contributed by atoms with Crippen molar-refractivity contribution in [2.24, 2.45) is 0 Å². The lowest BCUT2D eigenvalue weighted by Gasteiger charge is -2.04. The first-order valence-corrected chi connectivity index (χ1v) is 10.6. The van der Waals surface area contributed by atoms with E-state index in [1.807, 2.05) is 54.6 Å². The first-order chi connectivity index (χ1) is 14.2. The monoisotopic (exact) mass is 409 g/mol. The van der Waals surface area contributed by atoms with Crippen LogP contribution in [0, 0.1) is 0 Å². The van der Waals surface area contributed by atoms with Crippen LogP contribution >= 0.6 is 11.8 Å². The molecule has 0 unspecified atom stereocenters. The molecule has 0 radical (unpaired) electrons. The number of hydrogen-bond acceptors (Lipinski definition) is 6. The van der Waals surface area contributed by atoms with Gasteiger partial charge in [-0.05, 0) is 30.7 Å². The van der Waals surface area contributed by atoms with Gasteiger partial charge in [-0.2, -0.15) is 0 Å². The molecule has 150 valence electrons. The molecular formula is C23H23NO4S. The number of benzene rings is 2. The first-order valence-electron chi connectivity index (χ1n) is 9.40. The molecule has 2 aromatic carbocycles. The van der Waals surface area contributed by atoms with Crippen LogP contribution in [0.15, 0.2) is 71.3 Å². The molecule has 0 bridgehead atoms. The number of esters is 1. The van der Waals surface area contributed by atoms with Crippen LogP contribution in [-0.4, -0.2) is 29.9 Å². The molecule has 3 aromatic rings. The molecule has 1 heterocycles. The molecule has 5 nitrogen and oxygen atoms in total. The SMILES string of the molecule is CCOC(=O)/C=C/c1ccc(-c2cnc(CSCCOc3ccccc3)o2)cc1. The van der Waals surface area contributed by atoms with E-state index in [-0.39, 0.29) is 5.97 Å². The summed E-state index contributed by atoms with van der Waals surface area (Å²) in [6.45, 7) is 2.79. The molecule has 6 heteroatoms. The highest BCUT2D eigenvalue weighted by atomic mass is 32.2. The third-order valence-electron chi connectivity index (χ3n) is 3.91. The van der Waals surface area contributed by atoms with Crippen LogP contribution in [-0.2, 0) is 15.3 Å². The molecule has 0 N–H and O–H groups in total. The molecule has 0 aliphatic rings. The van der Waals surface area contributed by atoms with Gasteiger partial charge in [-0.1, -0.05) is 42.5 Å². The highest BCUT2D eigenvalue weighted by Gasteiger charge is 2.07. The number of aromatic nitrogens is 1. The fourth-order valence-corrected chi connectivity index (χ4v) is 3.17. The Kier molecular flexibility index (Phi) is 7.95. The average Bonchev–Trinajstić information content (AvgIpc) is 3.22. The van der Waals surface area contributed by atoms with Crippen molar-refractivity contribution in [2.75, 3.05) is 19.0 Å². The fraction of sp³-hybridized carbons (Fsp3) is 0.217. The highest BCUT2D eigenvalue weighted by Crippen LogP contribution is 2.23. The lowest BCUT2D eigenvalue weighted by atomic mass is 10.1. The molecule has 3 rings (SSSR count). The number of carbonyl (C=O) groups excluding carboxylic acids is 1. The lowest BCUT2D eigenvalue weighted by Crippen LogP contribution is -2.00. The maximum atomic E-state index is 11.4. The predicted octanol–water partition coefficient (Wildman–Crippen LogP) is 5.23. The van der Waals surface area contributed by atoms with Crippen LogP contribution < -0.4 is 4.74 Å². The van der Waals surface area contributed by atoms with E-state index in [4.69, 9.17) is 13.9 Å². The maximum absolute atomic E-state index is 11.4. The van der Waals surface area contributed by atoms with Crippen LogP contribution in [0.1, 0.15) is 18.4 Å². The summed E-state index contributed by atoms with van der Waals surface area (Å²) in [5.74, 6) is 3.50. The Labute approximate surface area is 174 Å². The number of thioether (sulfide) groups is 1. The molecule has 1 aromatic heterocycles. The van der Waals surface area contributed by atoms with Gasteiger partial charge in [0.1, 0.15) is 5.75 Å². The number of hydrogen-bond donors (Lipinski definition) is 0. The van der Waals surface area contributed by atoms with Gasteiger partial charge in [0.25, 0.3) is 0 Å². The molecule has 0 spiro atoms. The topological polar surface area (TPSA) is 61.6 Å². The number of rotatable bonds is 10. The summed E-state index contributed by atoms with van der Waals surface area (Å²) in [6.07, 6.45) is 4.88. The summed E-state index contributed by atoms with van der Waals surface area (Å²) in [7, 11) is 0. The zero-order chi connectivity index (χ0) is 20.3. The summed E-state index contributed by atoms with van der Waals surface area (Å²) in [5, 5.41) is 0. The van der Waals surface area contributed by atoms with Crippen LogP contribution in [0.25, 0.3) is 17.4 Å². The van der Waals surface area contributed by atoms with Gasteiger partial charge in [-0.15, -0.1) is 11.8 Å². The molecule has 29 heavy (non-hydrogen) atoms. The zero-order valence-corrected chi connectivity index (χ0v) is 17.1. The Morgan fingerprint density at radius 2 is 1.93 bits per heavy atom. The minimum absolute atomic E-state index is 0.344. The first kappa shape index (κ1) is 20.7. The number of carbonyl (C=O) groups is 1. The van der Waals surface area contributed by atoms with Crippen molar-refractivity contribution >= 4 is 23.8 Å². The Balaban J connectivity index is 1.45. The summed E-state index contributed by atoms with van der Waals surface area (Å²) < 4.78 is 16.4. The van der Waals surface area contributed by atoms with E-state index < -0.39 is 0 Å². The third kappa shape index (κ3) is 6.84. The van der Waals surface area contributed by atoms with Gasteiger partial charge >= 0.3 is 5.97 Å². The number of oxazole rings is 1. The van der Waals surface area contributed by atoms with Crippen molar-refractivity contribution in [3.8, 4) is 17.1 Å². The van der Waals surface area contributed by atoms with E-state index in [0.717, 1.165) is 28.4 Å². The minimum atomic E-state index is -0.344. The summed E-state index contributed by atoms with van der Waals surface area (Å²) >= 11 is 1.72. The molecule has 0 fully saturated rings. The molecule has 0 aliphatic carbocycles. The Morgan fingerprint density at radius 3 is 2.69 bits per heavy atom. The second-order valence-electron chi connectivity index (χ2n) is 6.04. The van der Waals surface area contributed by atoms with Crippen LogP contribution in [0.3, 0.4) is 0 Å². The van der Waals surface area contributed by atoms with Gasteiger partial charge < -0.3 is 13.9 Å². The van der Waals surface area contributed by atoms with Crippen molar-refractivity contribution in [3.63, 3.8) is 0 Å². The molecule has 0 saturated heterocycles. The summed E-state index contributed by atoms with van der Waals surface area (Å²) in [6, 6.07) is 17.5.